The Balaban J connectivity index is 1.50. The van der Waals surface area contributed by atoms with E-state index in [4.69, 9.17) is 4.74 Å². The van der Waals surface area contributed by atoms with E-state index in [1.165, 1.54) is 5.56 Å². The van der Waals surface area contributed by atoms with Crippen LogP contribution in [-0.4, -0.2) is 84.2 Å². The number of benzene rings is 1. The van der Waals surface area contributed by atoms with Crippen LogP contribution in [0.2, 0.25) is 0 Å². The molecular weight excluding hydrogens is 392 g/mol. The van der Waals surface area contributed by atoms with Crippen molar-refractivity contribution in [2.75, 3.05) is 39.8 Å². The molecule has 3 rings (SSSR count). The molecular formula is C24H38N4O3. The topological polar surface area (TPSA) is 65.1 Å². The van der Waals surface area contributed by atoms with Gasteiger partial charge in [0.15, 0.2) is 0 Å². The molecule has 1 aromatic carbocycles. The molecule has 0 radical (unpaired) electrons. The second-order valence-electron chi connectivity index (χ2n) is 9.99. The highest BCUT2D eigenvalue weighted by Crippen LogP contribution is 2.21. The Hall–Kier alpha value is -2.12. The van der Waals surface area contributed by atoms with Gasteiger partial charge < -0.3 is 19.9 Å². The summed E-state index contributed by atoms with van der Waals surface area (Å²) in [6, 6.07) is 8.14. The lowest BCUT2D eigenvalue weighted by Gasteiger charge is -2.38. The molecule has 31 heavy (non-hydrogen) atoms. The van der Waals surface area contributed by atoms with Gasteiger partial charge in [-0.1, -0.05) is 12.1 Å². The normalized spacial score (nSPS) is 23.5. The average Bonchev–Trinajstić information content (AvgIpc) is 2.68. The number of likely N-dealkylation sites (tertiary alicyclic amines) is 1. The number of piperidine rings is 1. The Morgan fingerprint density at radius 1 is 1.06 bits per heavy atom. The summed E-state index contributed by atoms with van der Waals surface area (Å²) >= 11 is 0. The van der Waals surface area contributed by atoms with Crippen LogP contribution in [-0.2, 0) is 11.3 Å². The third-order valence-electron chi connectivity index (χ3n) is 6.06. The maximum absolute atomic E-state index is 13.1. The molecule has 2 heterocycles. The number of piperazine rings is 1. The van der Waals surface area contributed by atoms with Crippen LogP contribution in [0.5, 0.6) is 0 Å². The molecule has 2 aliphatic heterocycles. The second-order valence-corrected chi connectivity index (χ2v) is 9.99. The Morgan fingerprint density at radius 2 is 1.71 bits per heavy atom. The Labute approximate surface area is 186 Å². The highest BCUT2D eigenvalue weighted by atomic mass is 16.6. The summed E-state index contributed by atoms with van der Waals surface area (Å²) in [7, 11) is 2.16. The van der Waals surface area contributed by atoms with E-state index in [0.29, 0.717) is 6.54 Å². The Bertz CT molecular complexity index is 751. The number of ether oxygens (including phenoxy) is 1. The van der Waals surface area contributed by atoms with E-state index in [1.807, 2.05) is 44.7 Å². The Kier molecular flexibility index (Phi) is 7.59. The zero-order valence-corrected chi connectivity index (χ0v) is 19.7. The van der Waals surface area contributed by atoms with Crippen molar-refractivity contribution >= 4 is 12.0 Å². The lowest BCUT2D eigenvalue weighted by Crippen LogP contribution is -2.51. The number of amides is 2. The highest BCUT2D eigenvalue weighted by molar-refractivity contribution is 5.94. The third kappa shape index (κ3) is 6.94. The minimum Gasteiger partial charge on any atom is -0.444 e. The first kappa shape index (κ1) is 23.5. The van der Waals surface area contributed by atoms with Crippen molar-refractivity contribution in [2.24, 2.45) is 0 Å². The van der Waals surface area contributed by atoms with E-state index < -0.39 is 5.60 Å². The van der Waals surface area contributed by atoms with Gasteiger partial charge in [-0.3, -0.25) is 9.69 Å². The van der Waals surface area contributed by atoms with Crippen molar-refractivity contribution in [3.05, 3.63) is 35.4 Å². The van der Waals surface area contributed by atoms with Crippen LogP contribution in [0.3, 0.4) is 0 Å². The fourth-order valence-electron chi connectivity index (χ4n) is 4.26. The summed E-state index contributed by atoms with van der Waals surface area (Å²) in [4.78, 5) is 31.8. The van der Waals surface area contributed by atoms with Crippen molar-refractivity contribution in [1.29, 1.82) is 0 Å². The van der Waals surface area contributed by atoms with Crippen LogP contribution in [0, 0.1) is 0 Å². The molecule has 0 spiro atoms. The number of carbonyl (C=O) groups excluding carboxylic acids is 2. The standard InChI is InChI=1S/C24H38N4O3/c1-18-16-21(25-23(30)31-24(2,3)4)10-11-28(18)22(29)20-8-6-19(7-9-20)17-27-14-12-26(5)13-15-27/h6-9,18,21H,10-17H2,1-5H3,(H,25,30)/t18-,21-/m0/s1. The first-order valence-corrected chi connectivity index (χ1v) is 11.4. The summed E-state index contributed by atoms with van der Waals surface area (Å²) in [6.45, 7) is 13.5. The molecule has 2 atom stereocenters. The van der Waals surface area contributed by atoms with Gasteiger partial charge in [-0.05, 0) is 65.3 Å². The third-order valence-corrected chi connectivity index (χ3v) is 6.06. The molecule has 1 N–H and O–H groups in total. The average molecular weight is 431 g/mol. The quantitative estimate of drug-likeness (QED) is 0.796. The summed E-state index contributed by atoms with van der Waals surface area (Å²) in [5.41, 5.74) is 1.46. The number of rotatable bonds is 4. The molecule has 2 fully saturated rings. The fourth-order valence-corrected chi connectivity index (χ4v) is 4.26. The van der Waals surface area contributed by atoms with E-state index in [9.17, 15) is 9.59 Å². The molecule has 2 saturated heterocycles. The van der Waals surface area contributed by atoms with Gasteiger partial charge >= 0.3 is 6.09 Å². The molecule has 0 aliphatic carbocycles. The van der Waals surface area contributed by atoms with Crippen molar-refractivity contribution in [3.63, 3.8) is 0 Å². The number of nitrogens with one attached hydrogen (secondary N) is 1. The lowest BCUT2D eigenvalue weighted by atomic mass is 9.97. The number of hydrogen-bond acceptors (Lipinski definition) is 5. The van der Waals surface area contributed by atoms with Crippen molar-refractivity contribution in [2.45, 2.75) is 64.8 Å². The highest BCUT2D eigenvalue weighted by Gasteiger charge is 2.31. The van der Waals surface area contributed by atoms with Crippen LogP contribution in [0.25, 0.3) is 0 Å². The summed E-state index contributed by atoms with van der Waals surface area (Å²) in [6.07, 6.45) is 1.07. The van der Waals surface area contributed by atoms with E-state index >= 15 is 0 Å². The summed E-state index contributed by atoms with van der Waals surface area (Å²) in [5.74, 6) is 0.0642. The molecule has 1 aromatic rings. The van der Waals surface area contributed by atoms with Crippen molar-refractivity contribution in [1.82, 2.24) is 20.0 Å². The number of nitrogens with zero attached hydrogens (tertiary/aromatic N) is 3. The molecule has 172 valence electrons. The second kappa shape index (κ2) is 10.0. The monoisotopic (exact) mass is 430 g/mol. The van der Waals surface area contributed by atoms with Gasteiger partial charge in [0, 0.05) is 56.9 Å². The maximum Gasteiger partial charge on any atom is 0.407 e. The largest absolute Gasteiger partial charge is 0.444 e. The number of likely N-dealkylation sites (N-methyl/N-ethyl adjacent to an activating group) is 1. The van der Waals surface area contributed by atoms with Crippen LogP contribution in [0.15, 0.2) is 24.3 Å². The van der Waals surface area contributed by atoms with Gasteiger partial charge in [-0.25, -0.2) is 4.79 Å². The van der Waals surface area contributed by atoms with Gasteiger partial charge in [0.2, 0.25) is 0 Å². The van der Waals surface area contributed by atoms with E-state index in [2.05, 4.69) is 34.3 Å². The molecule has 0 aromatic heterocycles. The number of alkyl carbamates (subject to hydrolysis) is 1. The lowest BCUT2D eigenvalue weighted by molar-refractivity contribution is 0.0440. The van der Waals surface area contributed by atoms with Gasteiger partial charge in [0.25, 0.3) is 5.91 Å². The SMILES string of the molecule is C[C@H]1C[C@@H](NC(=O)OC(C)(C)C)CCN1C(=O)c1ccc(CN2CCN(C)CC2)cc1. The molecule has 2 aliphatic rings. The van der Waals surface area contributed by atoms with E-state index in [0.717, 1.165) is 51.1 Å². The number of hydrogen-bond donors (Lipinski definition) is 1. The van der Waals surface area contributed by atoms with Gasteiger partial charge in [0.05, 0.1) is 0 Å². The minimum absolute atomic E-state index is 0.0277. The zero-order valence-electron chi connectivity index (χ0n) is 19.7. The molecule has 0 bridgehead atoms. The molecule has 0 saturated carbocycles. The zero-order chi connectivity index (χ0) is 22.6. The maximum atomic E-state index is 13.1. The molecule has 2 amide bonds. The molecule has 0 unspecified atom stereocenters. The van der Waals surface area contributed by atoms with Crippen molar-refractivity contribution in [3.8, 4) is 0 Å². The van der Waals surface area contributed by atoms with Gasteiger partial charge in [-0.15, -0.1) is 0 Å². The fraction of sp³-hybridized carbons (Fsp3) is 0.667. The van der Waals surface area contributed by atoms with Crippen LogP contribution in [0.1, 0.15) is 56.5 Å². The van der Waals surface area contributed by atoms with E-state index in [-0.39, 0.29) is 24.1 Å². The first-order chi connectivity index (χ1) is 14.6. The van der Waals surface area contributed by atoms with Crippen LogP contribution >= 0.6 is 0 Å². The number of carbonyl (C=O) groups is 2. The van der Waals surface area contributed by atoms with Gasteiger partial charge in [0.1, 0.15) is 5.60 Å². The smallest absolute Gasteiger partial charge is 0.407 e. The predicted octanol–water partition coefficient (Wildman–Crippen LogP) is 2.95. The molecule has 7 nitrogen and oxygen atoms in total. The summed E-state index contributed by atoms with van der Waals surface area (Å²) in [5, 5.41) is 2.95. The van der Waals surface area contributed by atoms with E-state index in [1.54, 1.807) is 0 Å². The Morgan fingerprint density at radius 3 is 2.29 bits per heavy atom. The first-order valence-electron chi connectivity index (χ1n) is 11.4. The van der Waals surface area contributed by atoms with Gasteiger partial charge in [-0.2, -0.15) is 0 Å². The van der Waals surface area contributed by atoms with Crippen LogP contribution < -0.4 is 5.32 Å². The van der Waals surface area contributed by atoms with Crippen molar-refractivity contribution < 1.29 is 14.3 Å². The minimum atomic E-state index is -0.511. The van der Waals surface area contributed by atoms with Crippen LogP contribution in [0.4, 0.5) is 4.79 Å². The predicted molar refractivity (Wildman–Crippen MR) is 122 cm³/mol. The molecule has 7 heteroatoms. The summed E-state index contributed by atoms with van der Waals surface area (Å²) < 4.78 is 5.35.